The van der Waals surface area contributed by atoms with Gasteiger partial charge < -0.3 is 24.2 Å². The number of hydrogen-bond donors (Lipinski definition) is 1. The maximum atomic E-state index is 12.7. The molecule has 8 heteroatoms. The van der Waals surface area contributed by atoms with E-state index in [1.807, 2.05) is 27.7 Å². The third-order valence-corrected chi connectivity index (χ3v) is 5.42. The second-order valence-corrected chi connectivity index (χ2v) is 7.47. The van der Waals surface area contributed by atoms with Crippen molar-refractivity contribution < 1.29 is 23.6 Å². The minimum atomic E-state index is -0.298. The number of aryl methyl sites for hydroxylation is 2. The minimum Gasteiger partial charge on any atom is -0.493 e. The Balaban J connectivity index is 1.68. The molecule has 0 aliphatic heterocycles. The standard InChI is InChI=1S/C25H29N3O5/c1-6-28(7-2)25(30)18-8-11-20(12-9-18)26-24(29)19-10-13-22(23(14-19)31-5)32-15-21-16(3)27-33-17(21)4/h8-14H,6-7,15H2,1-5H3,(H,26,29). The predicted octanol–water partition coefficient (Wildman–Crippen LogP) is 4.61. The van der Waals surface area contributed by atoms with Crippen molar-refractivity contribution in [2.75, 3.05) is 25.5 Å². The van der Waals surface area contributed by atoms with Crippen LogP contribution in [-0.2, 0) is 6.61 Å². The summed E-state index contributed by atoms with van der Waals surface area (Å²) in [7, 11) is 1.52. The van der Waals surface area contributed by atoms with Crippen molar-refractivity contribution in [3.63, 3.8) is 0 Å². The van der Waals surface area contributed by atoms with Crippen LogP contribution in [0.15, 0.2) is 47.0 Å². The molecule has 1 N–H and O–H groups in total. The van der Waals surface area contributed by atoms with E-state index in [4.69, 9.17) is 14.0 Å². The highest BCUT2D eigenvalue weighted by Crippen LogP contribution is 2.30. The van der Waals surface area contributed by atoms with Gasteiger partial charge in [-0.15, -0.1) is 0 Å². The van der Waals surface area contributed by atoms with E-state index in [1.165, 1.54) is 7.11 Å². The number of carbonyl (C=O) groups is 2. The van der Waals surface area contributed by atoms with Gasteiger partial charge in [-0.2, -0.15) is 0 Å². The molecular formula is C25H29N3O5. The number of anilines is 1. The summed E-state index contributed by atoms with van der Waals surface area (Å²) in [5, 5.41) is 6.76. The monoisotopic (exact) mass is 451 g/mol. The molecule has 3 aromatic rings. The largest absolute Gasteiger partial charge is 0.493 e. The predicted molar refractivity (Wildman–Crippen MR) is 125 cm³/mol. The minimum absolute atomic E-state index is 0.0326. The third-order valence-electron chi connectivity index (χ3n) is 5.42. The van der Waals surface area contributed by atoms with Crippen molar-refractivity contribution in [3.05, 3.63) is 70.6 Å². The first kappa shape index (κ1) is 23.8. The van der Waals surface area contributed by atoms with Crippen LogP contribution in [0.4, 0.5) is 5.69 Å². The van der Waals surface area contributed by atoms with Gasteiger partial charge in [0.15, 0.2) is 11.5 Å². The van der Waals surface area contributed by atoms with E-state index in [0.29, 0.717) is 47.2 Å². The molecule has 0 spiro atoms. The Bertz CT molecular complexity index is 1100. The Kier molecular flexibility index (Phi) is 7.71. The van der Waals surface area contributed by atoms with Gasteiger partial charge in [-0.25, -0.2) is 0 Å². The lowest BCUT2D eigenvalue weighted by molar-refractivity contribution is 0.0773. The molecule has 1 aromatic heterocycles. The quantitative estimate of drug-likeness (QED) is 0.510. The Morgan fingerprint density at radius 3 is 2.24 bits per heavy atom. The summed E-state index contributed by atoms with van der Waals surface area (Å²) in [6, 6.07) is 11.8. The molecule has 2 aromatic carbocycles. The zero-order valence-electron chi connectivity index (χ0n) is 19.6. The van der Waals surface area contributed by atoms with Gasteiger partial charge in [-0.1, -0.05) is 5.16 Å². The molecular weight excluding hydrogens is 422 g/mol. The molecule has 2 amide bonds. The molecule has 0 bridgehead atoms. The maximum absolute atomic E-state index is 12.7. The summed E-state index contributed by atoms with van der Waals surface area (Å²) in [4.78, 5) is 26.9. The maximum Gasteiger partial charge on any atom is 0.255 e. The molecule has 0 fully saturated rings. The number of ether oxygens (including phenoxy) is 2. The highest BCUT2D eigenvalue weighted by Gasteiger charge is 2.15. The van der Waals surface area contributed by atoms with Crippen molar-refractivity contribution in [2.24, 2.45) is 0 Å². The van der Waals surface area contributed by atoms with Gasteiger partial charge in [-0.3, -0.25) is 9.59 Å². The lowest BCUT2D eigenvalue weighted by Gasteiger charge is -2.18. The number of aromatic nitrogens is 1. The van der Waals surface area contributed by atoms with E-state index in [2.05, 4.69) is 10.5 Å². The number of benzene rings is 2. The van der Waals surface area contributed by atoms with Crippen LogP contribution in [0.1, 0.15) is 51.6 Å². The van der Waals surface area contributed by atoms with Crippen molar-refractivity contribution in [1.29, 1.82) is 0 Å². The normalized spacial score (nSPS) is 10.6. The molecule has 0 radical (unpaired) electrons. The fourth-order valence-corrected chi connectivity index (χ4v) is 3.38. The van der Waals surface area contributed by atoms with E-state index in [9.17, 15) is 9.59 Å². The molecule has 33 heavy (non-hydrogen) atoms. The summed E-state index contributed by atoms with van der Waals surface area (Å²) in [5.74, 6) is 1.32. The number of carbonyl (C=O) groups excluding carboxylic acids is 2. The number of rotatable bonds is 9. The van der Waals surface area contributed by atoms with Crippen molar-refractivity contribution in [3.8, 4) is 11.5 Å². The van der Waals surface area contributed by atoms with Crippen LogP contribution in [0.25, 0.3) is 0 Å². The van der Waals surface area contributed by atoms with Gasteiger partial charge in [0, 0.05) is 29.9 Å². The summed E-state index contributed by atoms with van der Waals surface area (Å²) < 4.78 is 16.4. The Hall–Kier alpha value is -3.81. The van der Waals surface area contributed by atoms with Crippen LogP contribution in [0, 0.1) is 13.8 Å². The van der Waals surface area contributed by atoms with Crippen LogP contribution in [0.2, 0.25) is 0 Å². The number of methoxy groups -OCH3 is 1. The highest BCUT2D eigenvalue weighted by atomic mass is 16.5. The van der Waals surface area contributed by atoms with Gasteiger partial charge in [-0.05, 0) is 70.2 Å². The first-order valence-electron chi connectivity index (χ1n) is 10.8. The van der Waals surface area contributed by atoms with E-state index in [-0.39, 0.29) is 18.4 Å². The number of nitrogens with zero attached hydrogens (tertiary/aromatic N) is 2. The van der Waals surface area contributed by atoms with Gasteiger partial charge in [0.05, 0.1) is 18.4 Å². The lowest BCUT2D eigenvalue weighted by atomic mass is 10.1. The first-order chi connectivity index (χ1) is 15.9. The molecule has 0 atom stereocenters. The molecule has 1 heterocycles. The Labute approximate surface area is 193 Å². The Morgan fingerprint density at radius 1 is 1.00 bits per heavy atom. The molecule has 0 unspecified atom stereocenters. The molecule has 174 valence electrons. The van der Waals surface area contributed by atoms with Gasteiger partial charge in [0.1, 0.15) is 12.4 Å². The number of nitrogens with one attached hydrogen (secondary N) is 1. The molecule has 0 aliphatic carbocycles. The van der Waals surface area contributed by atoms with Crippen LogP contribution in [0.3, 0.4) is 0 Å². The third kappa shape index (κ3) is 5.52. The first-order valence-corrected chi connectivity index (χ1v) is 10.8. The smallest absolute Gasteiger partial charge is 0.255 e. The highest BCUT2D eigenvalue weighted by molar-refractivity contribution is 6.05. The fraction of sp³-hybridized carbons (Fsp3) is 0.320. The summed E-state index contributed by atoms with van der Waals surface area (Å²) in [6.45, 7) is 9.14. The second kappa shape index (κ2) is 10.7. The van der Waals surface area contributed by atoms with E-state index < -0.39 is 0 Å². The van der Waals surface area contributed by atoms with E-state index >= 15 is 0 Å². The van der Waals surface area contributed by atoms with Crippen LogP contribution in [-0.4, -0.2) is 42.1 Å². The number of amides is 2. The zero-order chi connectivity index (χ0) is 24.0. The van der Waals surface area contributed by atoms with Gasteiger partial charge >= 0.3 is 0 Å². The zero-order valence-corrected chi connectivity index (χ0v) is 19.6. The second-order valence-electron chi connectivity index (χ2n) is 7.47. The Morgan fingerprint density at radius 2 is 1.67 bits per heavy atom. The lowest BCUT2D eigenvalue weighted by Crippen LogP contribution is -2.30. The van der Waals surface area contributed by atoms with Crippen LogP contribution in [0.5, 0.6) is 11.5 Å². The fourth-order valence-electron chi connectivity index (χ4n) is 3.38. The van der Waals surface area contributed by atoms with E-state index in [1.54, 1.807) is 47.4 Å². The summed E-state index contributed by atoms with van der Waals surface area (Å²) >= 11 is 0. The average Bonchev–Trinajstić information content (AvgIpc) is 3.15. The van der Waals surface area contributed by atoms with Crippen LogP contribution >= 0.6 is 0 Å². The van der Waals surface area contributed by atoms with Crippen molar-refractivity contribution in [2.45, 2.75) is 34.3 Å². The number of hydrogen-bond acceptors (Lipinski definition) is 6. The topological polar surface area (TPSA) is 93.9 Å². The average molecular weight is 452 g/mol. The molecule has 3 rings (SSSR count). The molecule has 8 nitrogen and oxygen atoms in total. The summed E-state index contributed by atoms with van der Waals surface area (Å²) in [6.07, 6.45) is 0. The van der Waals surface area contributed by atoms with Crippen molar-refractivity contribution in [1.82, 2.24) is 10.1 Å². The van der Waals surface area contributed by atoms with E-state index in [0.717, 1.165) is 11.3 Å². The SMILES string of the molecule is CCN(CC)C(=O)c1ccc(NC(=O)c2ccc(OCc3c(C)noc3C)c(OC)c2)cc1. The summed E-state index contributed by atoms with van der Waals surface area (Å²) in [5.41, 5.74) is 3.24. The van der Waals surface area contributed by atoms with Crippen LogP contribution < -0.4 is 14.8 Å². The van der Waals surface area contributed by atoms with Gasteiger partial charge in [0.25, 0.3) is 11.8 Å². The molecule has 0 saturated heterocycles. The van der Waals surface area contributed by atoms with Gasteiger partial charge in [0.2, 0.25) is 0 Å². The van der Waals surface area contributed by atoms with Crippen molar-refractivity contribution >= 4 is 17.5 Å². The molecule has 0 saturated carbocycles. The molecule has 0 aliphatic rings.